The van der Waals surface area contributed by atoms with Gasteiger partial charge in [-0.2, -0.15) is 0 Å². The van der Waals surface area contributed by atoms with Crippen LogP contribution in [0.15, 0.2) is 17.0 Å². The van der Waals surface area contributed by atoms with Crippen LogP contribution in [0.4, 0.5) is 0 Å². The van der Waals surface area contributed by atoms with E-state index in [0.717, 1.165) is 23.0 Å². The van der Waals surface area contributed by atoms with Crippen LogP contribution < -0.4 is 0 Å². The summed E-state index contributed by atoms with van der Waals surface area (Å²) < 4.78 is 0. The molecule has 21 heavy (non-hydrogen) atoms. The molecule has 0 amide bonds. The SMILES string of the molecule is c1cc2c(c3c1CCCC3)SC1CCC3CCCCC3C21. The van der Waals surface area contributed by atoms with Gasteiger partial charge in [0.05, 0.1) is 0 Å². The third kappa shape index (κ3) is 1.96. The smallest absolute Gasteiger partial charge is 0.0167 e. The van der Waals surface area contributed by atoms with Gasteiger partial charge in [0.25, 0.3) is 0 Å². The largest absolute Gasteiger partial charge is 0.121 e. The van der Waals surface area contributed by atoms with Gasteiger partial charge in [0.2, 0.25) is 0 Å². The van der Waals surface area contributed by atoms with Crippen LogP contribution in [0.3, 0.4) is 0 Å². The molecule has 1 heterocycles. The Morgan fingerprint density at radius 3 is 2.76 bits per heavy atom. The zero-order chi connectivity index (χ0) is 13.8. The Morgan fingerprint density at radius 1 is 0.857 bits per heavy atom. The summed E-state index contributed by atoms with van der Waals surface area (Å²) in [5.74, 6) is 2.99. The molecule has 2 fully saturated rings. The minimum absolute atomic E-state index is 0.913. The third-order valence-corrected chi connectivity index (χ3v) is 8.34. The number of hydrogen-bond donors (Lipinski definition) is 0. The molecule has 5 rings (SSSR count). The first-order valence-corrected chi connectivity index (χ1v) is 10.1. The first-order valence-electron chi connectivity index (χ1n) is 9.23. The number of aryl methyl sites for hydroxylation is 1. The standard InChI is InChI=1S/C20H26S/c1-3-7-15-13(5-1)10-12-18-19(15)17-11-9-14-6-2-4-8-16(14)20(17)21-18/h9,11,13,15,18-19H,1-8,10,12H2. The van der Waals surface area contributed by atoms with E-state index in [1.165, 1.54) is 64.2 Å². The highest BCUT2D eigenvalue weighted by Crippen LogP contribution is 2.59. The lowest BCUT2D eigenvalue weighted by Crippen LogP contribution is -2.34. The van der Waals surface area contributed by atoms with Crippen LogP contribution in [0.1, 0.15) is 74.0 Å². The Kier molecular flexibility index (Phi) is 3.14. The van der Waals surface area contributed by atoms with Crippen molar-refractivity contribution < 1.29 is 0 Å². The predicted molar refractivity (Wildman–Crippen MR) is 90.2 cm³/mol. The summed E-state index contributed by atoms with van der Waals surface area (Å²) in [7, 11) is 0. The van der Waals surface area contributed by atoms with Crippen LogP contribution in [0.25, 0.3) is 0 Å². The summed E-state index contributed by atoms with van der Waals surface area (Å²) in [5.41, 5.74) is 5.24. The van der Waals surface area contributed by atoms with Gasteiger partial charge in [-0.1, -0.05) is 31.4 Å². The van der Waals surface area contributed by atoms with Gasteiger partial charge in [-0.3, -0.25) is 0 Å². The molecule has 1 heteroatoms. The second kappa shape index (κ2) is 5.05. The molecule has 4 atom stereocenters. The highest BCUT2D eigenvalue weighted by atomic mass is 32.2. The minimum atomic E-state index is 0.913. The van der Waals surface area contributed by atoms with Gasteiger partial charge >= 0.3 is 0 Å². The van der Waals surface area contributed by atoms with Crippen LogP contribution in [-0.4, -0.2) is 5.25 Å². The molecule has 1 aliphatic heterocycles. The molecule has 112 valence electrons. The number of thioether (sulfide) groups is 1. The third-order valence-electron chi connectivity index (χ3n) is 6.79. The van der Waals surface area contributed by atoms with Crippen LogP contribution in [0.2, 0.25) is 0 Å². The molecule has 1 aromatic carbocycles. The number of hydrogen-bond acceptors (Lipinski definition) is 1. The average molecular weight is 298 g/mol. The fourth-order valence-electron chi connectivity index (χ4n) is 5.83. The normalized spacial score (nSPS) is 37.3. The van der Waals surface area contributed by atoms with Gasteiger partial charge in [-0.15, -0.1) is 11.8 Å². The lowest BCUT2D eigenvalue weighted by molar-refractivity contribution is 0.150. The van der Waals surface area contributed by atoms with Gasteiger partial charge in [-0.05, 0) is 73.5 Å². The average Bonchev–Trinajstić information content (AvgIpc) is 2.94. The topological polar surface area (TPSA) is 0 Å². The van der Waals surface area contributed by atoms with Crippen LogP contribution in [0.5, 0.6) is 0 Å². The highest BCUT2D eigenvalue weighted by molar-refractivity contribution is 8.00. The van der Waals surface area contributed by atoms with Crippen molar-refractivity contribution >= 4 is 11.8 Å². The molecule has 0 nitrogen and oxygen atoms in total. The first kappa shape index (κ1) is 13.0. The van der Waals surface area contributed by atoms with Crippen molar-refractivity contribution in [1.82, 2.24) is 0 Å². The molecule has 2 saturated carbocycles. The zero-order valence-corrected chi connectivity index (χ0v) is 13.8. The van der Waals surface area contributed by atoms with Crippen LogP contribution in [0, 0.1) is 11.8 Å². The van der Waals surface area contributed by atoms with E-state index in [0.29, 0.717) is 0 Å². The van der Waals surface area contributed by atoms with Gasteiger partial charge in [0.15, 0.2) is 0 Å². The van der Waals surface area contributed by atoms with E-state index in [2.05, 4.69) is 23.9 Å². The van der Waals surface area contributed by atoms with Crippen molar-refractivity contribution in [1.29, 1.82) is 0 Å². The van der Waals surface area contributed by atoms with Crippen LogP contribution in [-0.2, 0) is 12.8 Å². The maximum Gasteiger partial charge on any atom is 0.0167 e. The summed E-state index contributed by atoms with van der Waals surface area (Å²) >= 11 is 2.29. The minimum Gasteiger partial charge on any atom is -0.121 e. The molecule has 0 saturated heterocycles. The fraction of sp³-hybridized carbons (Fsp3) is 0.700. The van der Waals surface area contributed by atoms with E-state index >= 15 is 0 Å². The monoisotopic (exact) mass is 298 g/mol. The molecule has 0 aromatic heterocycles. The quantitative estimate of drug-likeness (QED) is 0.590. The van der Waals surface area contributed by atoms with Crippen molar-refractivity contribution in [3.05, 3.63) is 28.8 Å². The van der Waals surface area contributed by atoms with Gasteiger partial charge in [0, 0.05) is 16.1 Å². The van der Waals surface area contributed by atoms with Crippen molar-refractivity contribution in [3.63, 3.8) is 0 Å². The lowest BCUT2D eigenvalue weighted by Gasteiger charge is -2.43. The maximum absolute atomic E-state index is 2.55. The summed E-state index contributed by atoms with van der Waals surface area (Å²) in [4.78, 5) is 1.76. The molecule has 0 N–H and O–H groups in total. The van der Waals surface area contributed by atoms with Crippen molar-refractivity contribution in [2.24, 2.45) is 11.8 Å². The molecule has 3 aliphatic carbocycles. The molecule has 4 unspecified atom stereocenters. The Labute approximate surface area is 133 Å². The molecule has 0 spiro atoms. The molecule has 0 radical (unpaired) electrons. The summed E-state index contributed by atoms with van der Waals surface area (Å²) in [5, 5.41) is 0.924. The van der Waals surface area contributed by atoms with Gasteiger partial charge < -0.3 is 0 Å². The lowest BCUT2D eigenvalue weighted by atomic mass is 9.63. The first-order chi connectivity index (χ1) is 10.4. The molecule has 0 bridgehead atoms. The van der Waals surface area contributed by atoms with E-state index in [4.69, 9.17) is 0 Å². The molecular formula is C20H26S. The van der Waals surface area contributed by atoms with E-state index in [1.807, 2.05) is 0 Å². The summed E-state index contributed by atoms with van der Waals surface area (Å²) in [6.07, 6.45) is 14.6. The van der Waals surface area contributed by atoms with Crippen molar-refractivity contribution in [2.75, 3.05) is 0 Å². The Hall–Kier alpha value is -0.430. The van der Waals surface area contributed by atoms with Gasteiger partial charge in [-0.25, -0.2) is 0 Å². The van der Waals surface area contributed by atoms with E-state index in [1.54, 1.807) is 21.6 Å². The second-order valence-corrected chi connectivity index (χ2v) is 9.05. The summed E-state index contributed by atoms with van der Waals surface area (Å²) in [6, 6.07) is 5.05. The zero-order valence-electron chi connectivity index (χ0n) is 12.9. The van der Waals surface area contributed by atoms with Crippen LogP contribution >= 0.6 is 11.8 Å². The summed E-state index contributed by atoms with van der Waals surface area (Å²) in [6.45, 7) is 0. The molecule has 1 aromatic rings. The number of rotatable bonds is 0. The Balaban J connectivity index is 1.58. The maximum atomic E-state index is 2.55. The Bertz CT molecular complexity index is 561. The molecule has 4 aliphatic rings. The van der Waals surface area contributed by atoms with Gasteiger partial charge in [0.1, 0.15) is 0 Å². The van der Waals surface area contributed by atoms with E-state index in [-0.39, 0.29) is 0 Å². The van der Waals surface area contributed by atoms with Crippen molar-refractivity contribution in [2.45, 2.75) is 80.3 Å². The molecular weight excluding hydrogens is 272 g/mol. The highest BCUT2D eigenvalue weighted by Gasteiger charge is 2.46. The van der Waals surface area contributed by atoms with E-state index < -0.39 is 0 Å². The second-order valence-electron chi connectivity index (χ2n) is 7.80. The fourth-order valence-corrected chi connectivity index (χ4v) is 7.60. The van der Waals surface area contributed by atoms with Crippen molar-refractivity contribution in [3.8, 4) is 0 Å². The number of benzene rings is 1. The predicted octanol–water partition coefficient (Wildman–Crippen LogP) is 5.72. The van der Waals surface area contributed by atoms with E-state index in [9.17, 15) is 0 Å². The Morgan fingerprint density at radius 2 is 1.76 bits per heavy atom. The number of fused-ring (bicyclic) bond motifs is 7.